The van der Waals surface area contributed by atoms with Crippen molar-refractivity contribution in [2.24, 2.45) is 0 Å². The second-order valence-electron chi connectivity index (χ2n) is 18.0. The fourth-order valence-electron chi connectivity index (χ4n) is 8.78. The summed E-state index contributed by atoms with van der Waals surface area (Å²) in [7, 11) is -25.5. The van der Waals surface area contributed by atoms with Crippen LogP contribution in [0.25, 0.3) is 44.6 Å². The zero-order chi connectivity index (χ0) is 58.4. The third kappa shape index (κ3) is 15.1. The molecular weight excluding hydrogens is 1160 g/mol. The minimum absolute atomic E-state index is 0.00799. The van der Waals surface area contributed by atoms with Gasteiger partial charge >= 0.3 is 33.6 Å². The van der Waals surface area contributed by atoms with Crippen molar-refractivity contribution in [2.75, 3.05) is 57.5 Å². The maximum Gasteiger partial charge on any atom is 0.490 e. The highest BCUT2D eigenvalue weighted by Crippen LogP contribution is 2.68. The van der Waals surface area contributed by atoms with Crippen LogP contribution in [0, 0.1) is 0 Å². The standard InChI is InChI=1S/C45H58N9O21P3S2/c1-4-47-31-18-16-29-37(30-17-19-32(48-5-2)42(80(67,68)69)40(30)73-39(29)41(31)79(64,65)66)27-13-8-9-14-28(27)45(57)53(3)21-12-15-35(56)49-20-10-6-7-11-22-70-76(58,59)74-78(62,63)75-77(60,61)71-24-34-33(55)23-36(72-34)54-26-52-38-43(46)50-25-51-44(38)54/h8-9,13-14,16-19,25-26,33-34,36,47,55H,4-7,10-12,15,20-24H2,1-3H3,(H,49,56)(H,58,59)(H,60,61)(H,62,63)(H2,46,50,51)(H,64,65,66)(H,67,68,69)/t33-,34+,36+/m0/s1. The molecule has 0 saturated carbocycles. The molecule has 1 saturated heterocycles. The minimum Gasteiger partial charge on any atom is -0.744 e. The lowest BCUT2D eigenvalue weighted by Crippen LogP contribution is -2.76. The average molecular weight is 1220 g/mol. The van der Waals surface area contributed by atoms with E-state index in [-0.39, 0.29) is 113 Å². The number of nitrogen functional groups attached to an aromatic ring is 1. The number of aliphatic hydroxyl groups excluding tert-OH is 1. The van der Waals surface area contributed by atoms with Gasteiger partial charge < -0.3 is 54.8 Å². The number of carbonyl (C=O) groups is 2. The molecule has 2 amide bonds. The van der Waals surface area contributed by atoms with E-state index in [1.54, 1.807) is 32.0 Å². The van der Waals surface area contributed by atoms with Crippen LogP contribution in [0.4, 0.5) is 11.5 Å². The number of phosphoric ester groups is 2. The Labute approximate surface area is 457 Å². The Morgan fingerprint density at radius 2 is 1.62 bits per heavy atom. The van der Waals surface area contributed by atoms with Gasteiger partial charge in [0.15, 0.2) is 22.8 Å². The van der Waals surface area contributed by atoms with Crippen molar-refractivity contribution >= 4 is 89.2 Å². The summed E-state index contributed by atoms with van der Waals surface area (Å²) in [6.07, 6.45) is 0.788. The molecule has 2 aromatic carbocycles. The molecule has 2 aromatic heterocycles. The summed E-state index contributed by atoms with van der Waals surface area (Å²) in [5.41, 5.74) is 6.14. The van der Waals surface area contributed by atoms with Crippen molar-refractivity contribution in [1.82, 2.24) is 29.7 Å². The number of hydrogen-bond acceptors (Lipinski definition) is 22. The van der Waals surface area contributed by atoms with E-state index < -0.39 is 102 Å². The van der Waals surface area contributed by atoms with Gasteiger partial charge in [-0.05, 0) is 62.9 Å². The second kappa shape index (κ2) is 25.7. The molecule has 6 atom stereocenters. The number of aliphatic hydroxyl groups is 1. The van der Waals surface area contributed by atoms with Gasteiger partial charge in [-0.1, -0.05) is 31.0 Å². The first kappa shape index (κ1) is 62.0. The molecule has 7 rings (SSSR count). The van der Waals surface area contributed by atoms with E-state index in [4.69, 9.17) is 23.9 Å². The van der Waals surface area contributed by atoms with E-state index in [9.17, 15) is 69.0 Å². The number of nitrogens with zero attached hydrogens (tertiary/aromatic N) is 5. The number of amides is 2. The Hall–Kier alpha value is -5.63. The van der Waals surface area contributed by atoms with Gasteiger partial charge in [-0.15, -0.1) is 0 Å². The number of carbonyl (C=O) groups excluding carboxylic acids is 2. The van der Waals surface area contributed by atoms with Gasteiger partial charge in [-0.3, -0.25) is 27.8 Å². The molecule has 0 bridgehead atoms. The number of hydrogen-bond donors (Lipinski definition) is 9. The molecule has 4 heterocycles. The Bertz CT molecular complexity index is 3700. The number of imidazole rings is 1. The molecule has 2 aliphatic heterocycles. The molecule has 4 aromatic rings. The maximum atomic E-state index is 14.2. The van der Waals surface area contributed by atoms with Crippen LogP contribution in [-0.4, -0.2) is 141 Å². The zero-order valence-corrected chi connectivity index (χ0v) is 47.3. The molecule has 436 valence electrons. The maximum absolute atomic E-state index is 14.2. The number of anilines is 2. The molecule has 0 radical (unpaired) electrons. The first-order valence-corrected chi connectivity index (χ1v) is 31.9. The molecule has 3 unspecified atom stereocenters. The topological polar surface area (TPSA) is 448 Å². The van der Waals surface area contributed by atoms with Crippen LogP contribution in [-0.2, 0) is 61.1 Å². The van der Waals surface area contributed by atoms with Crippen molar-refractivity contribution in [2.45, 2.75) is 87.0 Å². The Kier molecular flexibility index (Phi) is 19.9. The van der Waals surface area contributed by atoms with Gasteiger partial charge in [0.05, 0.1) is 31.3 Å². The Balaban J connectivity index is 0.865. The molecule has 1 fully saturated rings. The fraction of sp³-hybridized carbons (Fsp3) is 0.422. The molecule has 35 heteroatoms. The number of nitrogens with two attached hydrogens (primary N) is 1. The molecular formula is C45H58N9O21P3S2. The number of nitrogens with one attached hydrogen (secondary N) is 3. The van der Waals surface area contributed by atoms with Gasteiger partial charge in [0.2, 0.25) is 16.2 Å². The van der Waals surface area contributed by atoms with Gasteiger partial charge in [0.25, 0.3) is 5.91 Å². The number of benzene rings is 3. The molecule has 80 heavy (non-hydrogen) atoms. The lowest BCUT2D eigenvalue weighted by atomic mass is 9.90. The Morgan fingerprint density at radius 1 is 0.912 bits per heavy atom. The summed E-state index contributed by atoms with van der Waals surface area (Å²) in [6, 6.07) is 11.9. The number of aromatic nitrogens is 4. The quantitative estimate of drug-likeness (QED) is 0.0155. The van der Waals surface area contributed by atoms with E-state index in [2.05, 4.69) is 39.2 Å². The van der Waals surface area contributed by atoms with Crippen molar-refractivity contribution < 1.29 is 101 Å². The predicted octanol–water partition coefficient (Wildman–Crippen LogP) is 2.76. The number of rotatable bonds is 27. The van der Waals surface area contributed by atoms with Gasteiger partial charge in [-0.2, -0.15) is 17.0 Å². The van der Waals surface area contributed by atoms with Crippen LogP contribution >= 0.6 is 23.5 Å². The largest absolute Gasteiger partial charge is 0.744 e. The highest BCUT2D eigenvalue weighted by Gasteiger charge is 2.44. The van der Waals surface area contributed by atoms with Crippen LogP contribution in [0.5, 0.6) is 0 Å². The SMILES string of the molecule is CCNc1ccc2c(-c3ccccc3C(=O)N(C)CCCC(=O)NCCCCCCOP(=O)(O)OP(=O)(O)OP(=O)(O)OC[C@H]3O[C@@H](n4cnc5c(N)ncnc54)C[C@@H]3O)c3ccc(=[NH+]CC)c(S(=O)(=O)O)c-3oc2c1S(=O)(=O)[O-]. The van der Waals surface area contributed by atoms with Crippen molar-refractivity contribution in [3.63, 3.8) is 0 Å². The molecule has 3 aliphatic rings. The summed E-state index contributed by atoms with van der Waals surface area (Å²) in [5, 5.41) is 16.0. The van der Waals surface area contributed by atoms with E-state index in [0.29, 0.717) is 19.3 Å². The van der Waals surface area contributed by atoms with Crippen LogP contribution in [0.1, 0.15) is 75.4 Å². The van der Waals surface area contributed by atoms with Crippen LogP contribution in [0.2, 0.25) is 0 Å². The smallest absolute Gasteiger partial charge is 0.490 e. The van der Waals surface area contributed by atoms with E-state index in [1.807, 2.05) is 0 Å². The highest BCUT2D eigenvalue weighted by atomic mass is 32.2. The van der Waals surface area contributed by atoms with E-state index in [1.165, 1.54) is 59.5 Å². The average Bonchev–Trinajstić information content (AvgIpc) is 3.96. The first-order valence-electron chi connectivity index (χ1n) is 24.5. The zero-order valence-electron chi connectivity index (χ0n) is 42.9. The molecule has 0 spiro atoms. The summed E-state index contributed by atoms with van der Waals surface area (Å²) in [6.45, 7) is 2.75. The lowest BCUT2D eigenvalue weighted by molar-refractivity contribution is -0.498. The minimum atomic E-state index is -5.78. The van der Waals surface area contributed by atoms with Crippen molar-refractivity contribution in [3.05, 3.63) is 72.1 Å². The second-order valence-corrected chi connectivity index (χ2v) is 25.3. The summed E-state index contributed by atoms with van der Waals surface area (Å²) >= 11 is 0. The molecule has 30 nitrogen and oxygen atoms in total. The molecule has 10 N–H and O–H groups in total. The predicted molar refractivity (Wildman–Crippen MR) is 280 cm³/mol. The van der Waals surface area contributed by atoms with Gasteiger partial charge in [0.1, 0.15) is 45.7 Å². The van der Waals surface area contributed by atoms with Crippen LogP contribution < -0.4 is 26.7 Å². The number of fused-ring (bicyclic) bond motifs is 3. The highest BCUT2D eigenvalue weighted by molar-refractivity contribution is 7.86. The fourth-order valence-corrected chi connectivity index (χ4v) is 13.9. The normalized spacial score (nSPS) is 18.5. The summed E-state index contributed by atoms with van der Waals surface area (Å²) in [5.74, 6) is -1.27. The van der Waals surface area contributed by atoms with Crippen LogP contribution in [0.15, 0.2) is 75.4 Å². The van der Waals surface area contributed by atoms with Gasteiger partial charge in [-0.25, -0.2) is 42.1 Å². The monoisotopic (exact) mass is 1220 g/mol. The first-order chi connectivity index (χ1) is 37.6. The summed E-state index contributed by atoms with van der Waals surface area (Å²) < 4.78 is 143. The summed E-state index contributed by atoms with van der Waals surface area (Å²) in [4.78, 5) is 71.7. The number of phosphoric acid groups is 3. The third-order valence-electron chi connectivity index (χ3n) is 12.2. The Morgan fingerprint density at radius 3 is 2.33 bits per heavy atom. The van der Waals surface area contributed by atoms with E-state index in [0.717, 1.165) is 0 Å². The lowest BCUT2D eigenvalue weighted by Gasteiger charge is -2.23. The van der Waals surface area contributed by atoms with Gasteiger partial charge in [0, 0.05) is 67.7 Å². The van der Waals surface area contributed by atoms with Crippen LogP contribution in [0.3, 0.4) is 0 Å². The van der Waals surface area contributed by atoms with Crippen molar-refractivity contribution in [3.8, 4) is 22.5 Å². The third-order valence-corrected chi connectivity index (χ3v) is 18.4. The number of unbranched alkanes of at least 4 members (excludes halogenated alkanes) is 3. The van der Waals surface area contributed by atoms with E-state index >= 15 is 0 Å². The van der Waals surface area contributed by atoms with Crippen molar-refractivity contribution in [1.29, 1.82) is 0 Å². The molecule has 1 aliphatic carbocycles. The number of ether oxygens (including phenoxy) is 1.